The number of aromatic amines is 2. The van der Waals surface area contributed by atoms with E-state index in [0.29, 0.717) is 5.15 Å². The summed E-state index contributed by atoms with van der Waals surface area (Å²) < 4.78 is 0. The van der Waals surface area contributed by atoms with E-state index in [-0.39, 0.29) is 6.04 Å². The predicted molar refractivity (Wildman–Crippen MR) is 149 cm³/mol. The number of aryl methyl sites for hydroxylation is 1. The van der Waals surface area contributed by atoms with Gasteiger partial charge in [-0.05, 0) is 84.7 Å². The number of halogens is 2. The van der Waals surface area contributed by atoms with E-state index in [2.05, 4.69) is 53.1 Å². The Morgan fingerprint density at radius 3 is 2.78 bits per heavy atom. The summed E-state index contributed by atoms with van der Waals surface area (Å²) in [5.74, 6) is -0.542. The monoisotopic (exact) mass is 536 g/mol. The lowest BCUT2D eigenvalue weighted by molar-refractivity contribution is -0.124. The van der Waals surface area contributed by atoms with E-state index in [9.17, 15) is 4.79 Å². The molecule has 37 heavy (non-hydrogen) atoms. The van der Waals surface area contributed by atoms with Gasteiger partial charge in [0.25, 0.3) is 5.91 Å². The van der Waals surface area contributed by atoms with Gasteiger partial charge in [-0.25, -0.2) is 5.48 Å². The maximum Gasteiger partial charge on any atom is 0.267 e. The molecule has 4 N–H and O–H groups in total. The summed E-state index contributed by atoms with van der Waals surface area (Å²) in [6.45, 7) is 5.83. The zero-order valence-corrected chi connectivity index (χ0v) is 22.4. The molecule has 1 atom stereocenters. The first-order valence-electron chi connectivity index (χ1n) is 12.4. The highest BCUT2D eigenvalue weighted by atomic mass is 35.5. The number of amides is 1. The Bertz CT molecular complexity index is 1490. The summed E-state index contributed by atoms with van der Waals surface area (Å²) in [6, 6.07) is 12.6. The fourth-order valence-electron chi connectivity index (χ4n) is 5.35. The second kappa shape index (κ2) is 10.8. The third kappa shape index (κ3) is 5.34. The van der Waals surface area contributed by atoms with Gasteiger partial charge in [0.15, 0.2) is 0 Å². The normalized spacial score (nSPS) is 15.2. The Labute approximate surface area is 226 Å². The van der Waals surface area contributed by atoms with Crippen LogP contribution in [0.1, 0.15) is 51.5 Å². The van der Waals surface area contributed by atoms with E-state index < -0.39 is 5.91 Å². The van der Waals surface area contributed by atoms with Gasteiger partial charge in [-0.15, -0.1) is 0 Å². The van der Waals surface area contributed by atoms with Crippen molar-refractivity contribution in [2.45, 2.75) is 45.7 Å². The first kappa shape index (κ1) is 25.6. The van der Waals surface area contributed by atoms with Crippen LogP contribution in [0.25, 0.3) is 17.0 Å². The van der Waals surface area contributed by atoms with Gasteiger partial charge in [0, 0.05) is 53.0 Å². The minimum absolute atomic E-state index is 0.273. The Hall–Kier alpha value is -3.03. The van der Waals surface area contributed by atoms with Gasteiger partial charge < -0.3 is 9.97 Å². The lowest BCUT2D eigenvalue weighted by Gasteiger charge is -2.30. The van der Waals surface area contributed by atoms with Crippen LogP contribution in [0.2, 0.25) is 10.2 Å². The maximum atomic E-state index is 11.4. The average Bonchev–Trinajstić information content (AvgIpc) is 3.57. The second-order valence-corrected chi connectivity index (χ2v) is 10.5. The largest absolute Gasteiger partial charge is 0.361 e. The smallest absolute Gasteiger partial charge is 0.267 e. The first-order chi connectivity index (χ1) is 17.8. The van der Waals surface area contributed by atoms with Crippen LogP contribution in [-0.4, -0.2) is 32.5 Å². The van der Waals surface area contributed by atoms with Gasteiger partial charge in [0.2, 0.25) is 0 Å². The van der Waals surface area contributed by atoms with Gasteiger partial charge in [-0.2, -0.15) is 0 Å². The van der Waals surface area contributed by atoms with E-state index >= 15 is 0 Å². The predicted octanol–water partition coefficient (Wildman–Crippen LogP) is 6.67. The molecule has 1 aliphatic carbocycles. The van der Waals surface area contributed by atoms with Gasteiger partial charge in [0.05, 0.1) is 0 Å². The summed E-state index contributed by atoms with van der Waals surface area (Å²) in [5.41, 5.74) is 11.0. The first-order valence-corrected chi connectivity index (χ1v) is 13.2. The fraction of sp³-hybridized carbons (Fsp3) is 0.276. The van der Waals surface area contributed by atoms with E-state index in [1.165, 1.54) is 33.7 Å². The van der Waals surface area contributed by atoms with Crippen molar-refractivity contribution < 1.29 is 10.0 Å². The van der Waals surface area contributed by atoms with E-state index in [4.69, 9.17) is 28.4 Å². The third-order valence-corrected chi connectivity index (χ3v) is 8.17. The molecule has 1 amide bonds. The second-order valence-electron chi connectivity index (χ2n) is 9.71. The summed E-state index contributed by atoms with van der Waals surface area (Å²) >= 11 is 12.6. The van der Waals surface area contributed by atoms with Crippen LogP contribution in [-0.2, 0) is 24.2 Å². The molecule has 0 bridgehead atoms. The number of hydrogen-bond acceptors (Lipinski definition) is 3. The van der Waals surface area contributed by atoms with Crippen LogP contribution in [0.4, 0.5) is 0 Å². The average molecular weight is 537 g/mol. The minimum Gasteiger partial charge on any atom is -0.361 e. The Balaban J connectivity index is 1.42. The molecule has 8 heteroatoms. The Morgan fingerprint density at radius 2 is 2.03 bits per heavy atom. The lowest BCUT2D eigenvalue weighted by Crippen LogP contribution is -2.30. The molecule has 1 unspecified atom stereocenters. The van der Waals surface area contributed by atoms with Crippen molar-refractivity contribution in [2.24, 2.45) is 0 Å². The molecule has 0 radical (unpaired) electrons. The molecular weight excluding hydrogens is 507 g/mol. The van der Waals surface area contributed by atoms with E-state index in [1.54, 1.807) is 11.6 Å². The molecule has 5 rings (SSSR count). The molecule has 4 aromatic rings. The van der Waals surface area contributed by atoms with Gasteiger partial charge >= 0.3 is 0 Å². The quantitative estimate of drug-likeness (QED) is 0.115. The van der Waals surface area contributed by atoms with Crippen LogP contribution in [0, 0.1) is 13.8 Å². The zero-order valence-electron chi connectivity index (χ0n) is 20.9. The topological polar surface area (TPSA) is 84.2 Å². The van der Waals surface area contributed by atoms with E-state index in [1.807, 2.05) is 18.2 Å². The third-order valence-electron chi connectivity index (χ3n) is 7.56. The molecule has 1 aliphatic rings. The molecule has 2 aromatic heterocycles. The molecule has 6 nitrogen and oxygen atoms in total. The number of aromatic nitrogens is 2. The van der Waals surface area contributed by atoms with Crippen molar-refractivity contribution in [3.05, 3.63) is 97.9 Å². The number of carbonyl (C=O) groups excluding carboxylic acids is 1. The number of nitrogens with zero attached hydrogens (tertiary/aromatic N) is 1. The number of fused-ring (bicyclic) bond motifs is 2. The van der Waals surface area contributed by atoms with Gasteiger partial charge in [0.1, 0.15) is 5.15 Å². The molecule has 0 spiro atoms. The number of H-pyrrole nitrogens is 2. The van der Waals surface area contributed by atoms with Crippen LogP contribution in [0.5, 0.6) is 0 Å². The van der Waals surface area contributed by atoms with Crippen molar-refractivity contribution in [1.82, 2.24) is 20.3 Å². The van der Waals surface area contributed by atoms with Crippen LogP contribution < -0.4 is 5.48 Å². The van der Waals surface area contributed by atoms with Crippen LogP contribution in [0.15, 0.2) is 48.7 Å². The molecule has 0 saturated heterocycles. The van der Waals surface area contributed by atoms with Crippen LogP contribution in [0.3, 0.4) is 0 Å². The Morgan fingerprint density at radius 1 is 1.19 bits per heavy atom. The van der Waals surface area contributed by atoms with Crippen molar-refractivity contribution in [3.63, 3.8) is 0 Å². The van der Waals surface area contributed by atoms with Crippen molar-refractivity contribution in [3.8, 4) is 0 Å². The summed E-state index contributed by atoms with van der Waals surface area (Å²) in [6.07, 6.45) is 8.03. The molecular formula is C29H30Cl2N4O2. The number of rotatable bonds is 8. The molecule has 0 fully saturated rings. The fourth-order valence-corrected chi connectivity index (χ4v) is 5.78. The standard InChI is InChI=1S/C29H30Cl2N4O2/c1-17-18(2)29(31)33-26(17)16-35(12-11-21-15-32-25-14-22(30)6-8-23(21)25)27-9-5-20-13-19(3-7-24(20)27)4-10-28(36)34-37/h3-4,6-8,10,13-15,27,32-33,37H,5,9,11-12,16H2,1-2H3,(H,34,36)/b10-4+. The number of nitrogens with one attached hydrogen (secondary N) is 3. The maximum absolute atomic E-state index is 11.4. The van der Waals surface area contributed by atoms with Gasteiger partial charge in [-0.1, -0.05) is 47.5 Å². The molecule has 0 aliphatic heterocycles. The van der Waals surface area contributed by atoms with Crippen LogP contribution >= 0.6 is 23.2 Å². The number of hydroxylamine groups is 1. The number of hydrogen-bond donors (Lipinski definition) is 4. The minimum atomic E-state index is -0.542. The zero-order chi connectivity index (χ0) is 26.1. The van der Waals surface area contributed by atoms with E-state index in [0.717, 1.165) is 59.7 Å². The number of benzene rings is 2. The summed E-state index contributed by atoms with van der Waals surface area (Å²) in [4.78, 5) is 20.7. The lowest BCUT2D eigenvalue weighted by atomic mass is 10.0. The molecule has 2 aromatic carbocycles. The summed E-state index contributed by atoms with van der Waals surface area (Å²) in [7, 11) is 0. The van der Waals surface area contributed by atoms with Crippen molar-refractivity contribution in [1.29, 1.82) is 0 Å². The van der Waals surface area contributed by atoms with Crippen molar-refractivity contribution >= 4 is 46.1 Å². The van der Waals surface area contributed by atoms with Gasteiger partial charge in [-0.3, -0.25) is 14.9 Å². The number of carbonyl (C=O) groups is 1. The SMILES string of the molecule is Cc1c(Cl)[nH]c(CN(CCc2c[nH]c3cc(Cl)ccc23)C2CCc3cc(/C=C/C(=O)NO)ccc32)c1C. The molecule has 192 valence electrons. The summed E-state index contributed by atoms with van der Waals surface area (Å²) in [5, 5.41) is 11.4. The highest BCUT2D eigenvalue weighted by Gasteiger charge is 2.29. The molecule has 2 heterocycles. The molecule has 0 saturated carbocycles. The Kier molecular flexibility index (Phi) is 7.45. The van der Waals surface area contributed by atoms with Crippen molar-refractivity contribution in [2.75, 3.05) is 6.54 Å². The highest BCUT2D eigenvalue weighted by Crippen LogP contribution is 2.38. The highest BCUT2D eigenvalue weighted by molar-refractivity contribution is 6.31.